The summed E-state index contributed by atoms with van der Waals surface area (Å²) in [5.41, 5.74) is 5.70. The van der Waals surface area contributed by atoms with E-state index in [1.807, 2.05) is 32.0 Å². The lowest BCUT2D eigenvalue weighted by atomic mass is 10.1. The fraction of sp³-hybridized carbons (Fsp3) is 0.150. The van der Waals surface area contributed by atoms with Gasteiger partial charge in [0.05, 0.1) is 0 Å². The Morgan fingerprint density at radius 2 is 1.81 bits per heavy atom. The van der Waals surface area contributed by atoms with Gasteiger partial charge in [0.1, 0.15) is 16.9 Å². The maximum Gasteiger partial charge on any atom is 0.349 e. The van der Waals surface area contributed by atoms with Crippen molar-refractivity contribution in [2.75, 3.05) is 6.61 Å². The highest BCUT2D eigenvalue weighted by Crippen LogP contribution is 2.18. The van der Waals surface area contributed by atoms with Crippen LogP contribution in [0.2, 0.25) is 0 Å². The number of benzene rings is 2. The van der Waals surface area contributed by atoms with Gasteiger partial charge in [0, 0.05) is 5.39 Å². The number of amides is 2. The van der Waals surface area contributed by atoms with Crippen LogP contribution in [0.25, 0.3) is 11.0 Å². The summed E-state index contributed by atoms with van der Waals surface area (Å²) in [6.07, 6.45) is 0. The number of hydrogen-bond donors (Lipinski definition) is 2. The highest BCUT2D eigenvalue weighted by Gasteiger charge is 2.14. The van der Waals surface area contributed by atoms with Crippen LogP contribution < -0.4 is 21.2 Å². The van der Waals surface area contributed by atoms with Crippen molar-refractivity contribution in [3.63, 3.8) is 0 Å². The number of rotatable bonds is 4. The van der Waals surface area contributed by atoms with E-state index in [2.05, 4.69) is 10.9 Å². The van der Waals surface area contributed by atoms with Crippen LogP contribution in [0.15, 0.2) is 57.7 Å². The second-order valence-corrected chi connectivity index (χ2v) is 6.05. The third-order valence-electron chi connectivity index (χ3n) is 3.90. The Hall–Kier alpha value is -3.61. The van der Waals surface area contributed by atoms with Crippen molar-refractivity contribution in [1.29, 1.82) is 0 Å². The number of hydrogen-bond acceptors (Lipinski definition) is 5. The molecular formula is C20H18N2O5. The third kappa shape index (κ3) is 4.33. The molecule has 138 valence electrons. The van der Waals surface area contributed by atoms with Gasteiger partial charge in [0.2, 0.25) is 0 Å². The summed E-state index contributed by atoms with van der Waals surface area (Å²) in [4.78, 5) is 36.0. The second kappa shape index (κ2) is 7.74. The van der Waals surface area contributed by atoms with Crippen LogP contribution in [0.4, 0.5) is 0 Å². The van der Waals surface area contributed by atoms with Gasteiger partial charge in [-0.1, -0.05) is 30.3 Å². The summed E-state index contributed by atoms with van der Waals surface area (Å²) < 4.78 is 10.6. The van der Waals surface area contributed by atoms with Gasteiger partial charge in [-0.3, -0.25) is 20.4 Å². The maximum atomic E-state index is 12.2. The molecule has 0 saturated carbocycles. The summed E-state index contributed by atoms with van der Waals surface area (Å²) in [5.74, 6) is -0.740. The third-order valence-corrected chi connectivity index (χ3v) is 3.90. The van der Waals surface area contributed by atoms with Crippen LogP contribution in [0.5, 0.6) is 5.75 Å². The van der Waals surface area contributed by atoms with Gasteiger partial charge >= 0.3 is 5.63 Å². The molecule has 3 rings (SSSR count). The number of fused-ring (bicyclic) bond motifs is 1. The first-order chi connectivity index (χ1) is 12.9. The number of carbonyl (C=O) groups excluding carboxylic acids is 2. The van der Waals surface area contributed by atoms with E-state index < -0.39 is 17.4 Å². The Labute approximate surface area is 154 Å². The average molecular weight is 366 g/mol. The SMILES string of the molecule is Cc1ccc(C)c(OCC(=O)NNC(=O)c2cc3ccccc3oc2=O)c1. The lowest BCUT2D eigenvalue weighted by Crippen LogP contribution is -2.45. The predicted octanol–water partition coefficient (Wildman–Crippen LogP) is 2.25. The quantitative estimate of drug-likeness (QED) is 0.545. The molecule has 7 heteroatoms. The molecule has 0 bridgehead atoms. The van der Waals surface area contributed by atoms with Crippen molar-refractivity contribution < 1.29 is 18.7 Å². The van der Waals surface area contributed by atoms with Gasteiger partial charge in [0.25, 0.3) is 11.8 Å². The number of nitrogens with one attached hydrogen (secondary N) is 2. The van der Waals surface area contributed by atoms with Crippen LogP contribution in [0.1, 0.15) is 21.5 Å². The monoisotopic (exact) mass is 366 g/mol. The summed E-state index contributed by atoms with van der Waals surface area (Å²) >= 11 is 0. The minimum absolute atomic E-state index is 0.204. The van der Waals surface area contributed by atoms with Crippen LogP contribution in [-0.2, 0) is 4.79 Å². The maximum absolute atomic E-state index is 12.2. The molecule has 0 aliphatic rings. The molecule has 0 aliphatic carbocycles. The summed E-state index contributed by atoms with van der Waals surface area (Å²) in [6, 6.07) is 13.9. The fourth-order valence-electron chi connectivity index (χ4n) is 2.46. The highest BCUT2D eigenvalue weighted by molar-refractivity contribution is 5.97. The first-order valence-corrected chi connectivity index (χ1v) is 8.26. The molecule has 2 amide bonds. The van der Waals surface area contributed by atoms with Gasteiger partial charge in [-0.2, -0.15) is 0 Å². The molecule has 2 aromatic carbocycles. The first kappa shape index (κ1) is 18.2. The van der Waals surface area contributed by atoms with Gasteiger partial charge in [-0.25, -0.2) is 4.79 Å². The minimum Gasteiger partial charge on any atom is -0.483 e. The zero-order valence-electron chi connectivity index (χ0n) is 14.9. The van der Waals surface area contributed by atoms with E-state index in [4.69, 9.17) is 9.15 Å². The van der Waals surface area contributed by atoms with E-state index in [0.717, 1.165) is 11.1 Å². The molecular weight excluding hydrogens is 348 g/mol. The Balaban J connectivity index is 1.60. The Morgan fingerprint density at radius 3 is 2.63 bits per heavy atom. The zero-order valence-corrected chi connectivity index (χ0v) is 14.9. The number of ether oxygens (including phenoxy) is 1. The summed E-state index contributed by atoms with van der Waals surface area (Å²) in [6.45, 7) is 3.51. The molecule has 0 radical (unpaired) electrons. The van der Waals surface area contributed by atoms with Gasteiger partial charge in [-0.15, -0.1) is 0 Å². The van der Waals surface area contributed by atoms with Crippen LogP contribution in [-0.4, -0.2) is 18.4 Å². The molecule has 0 fully saturated rings. The topological polar surface area (TPSA) is 97.6 Å². The van der Waals surface area contributed by atoms with Crippen molar-refractivity contribution in [3.8, 4) is 5.75 Å². The normalized spacial score (nSPS) is 10.4. The molecule has 1 aromatic heterocycles. The number of carbonyl (C=O) groups is 2. The minimum atomic E-state index is -0.785. The van der Waals surface area contributed by atoms with Gasteiger partial charge in [0.15, 0.2) is 6.61 Å². The molecule has 3 aromatic rings. The van der Waals surface area contributed by atoms with E-state index in [1.165, 1.54) is 6.07 Å². The number of aryl methyl sites for hydroxylation is 2. The molecule has 0 spiro atoms. The molecule has 2 N–H and O–H groups in total. The summed E-state index contributed by atoms with van der Waals surface area (Å²) in [7, 11) is 0. The Morgan fingerprint density at radius 1 is 1.04 bits per heavy atom. The summed E-state index contributed by atoms with van der Waals surface area (Å²) in [5, 5.41) is 0.604. The lowest BCUT2D eigenvalue weighted by Gasteiger charge is -2.11. The van der Waals surface area contributed by atoms with E-state index >= 15 is 0 Å². The average Bonchev–Trinajstić information content (AvgIpc) is 2.66. The van der Waals surface area contributed by atoms with E-state index in [9.17, 15) is 14.4 Å². The molecule has 0 atom stereocenters. The van der Waals surface area contributed by atoms with Crippen molar-refractivity contribution in [3.05, 3.63) is 75.6 Å². The molecule has 0 unspecified atom stereocenters. The molecule has 0 aliphatic heterocycles. The van der Waals surface area contributed by atoms with Crippen molar-refractivity contribution >= 4 is 22.8 Å². The fourth-order valence-corrected chi connectivity index (χ4v) is 2.46. The van der Waals surface area contributed by atoms with Gasteiger partial charge < -0.3 is 9.15 Å². The van der Waals surface area contributed by atoms with Crippen LogP contribution in [0, 0.1) is 13.8 Å². The highest BCUT2D eigenvalue weighted by atomic mass is 16.5. The molecule has 1 heterocycles. The second-order valence-electron chi connectivity index (χ2n) is 6.05. The van der Waals surface area contributed by atoms with Crippen molar-refractivity contribution in [2.45, 2.75) is 13.8 Å². The first-order valence-electron chi connectivity index (χ1n) is 8.26. The number of para-hydroxylation sites is 1. The van der Waals surface area contributed by atoms with Crippen molar-refractivity contribution in [2.24, 2.45) is 0 Å². The van der Waals surface area contributed by atoms with Crippen LogP contribution in [0.3, 0.4) is 0 Å². The number of hydrazine groups is 1. The largest absolute Gasteiger partial charge is 0.483 e. The molecule has 0 saturated heterocycles. The molecule has 27 heavy (non-hydrogen) atoms. The van der Waals surface area contributed by atoms with E-state index in [1.54, 1.807) is 24.3 Å². The smallest absolute Gasteiger partial charge is 0.349 e. The van der Waals surface area contributed by atoms with Crippen molar-refractivity contribution in [1.82, 2.24) is 10.9 Å². The molecule has 7 nitrogen and oxygen atoms in total. The zero-order chi connectivity index (χ0) is 19.4. The Kier molecular flexibility index (Phi) is 5.21. The lowest BCUT2D eigenvalue weighted by molar-refractivity contribution is -0.123. The standard InChI is InChI=1S/C20H18N2O5/c1-12-7-8-13(2)17(9-12)26-11-18(23)21-22-19(24)15-10-14-5-3-4-6-16(14)27-20(15)25/h3-10H,11H2,1-2H3,(H,21,23)(H,22,24). The van der Waals surface area contributed by atoms with E-state index in [-0.39, 0.29) is 12.2 Å². The predicted molar refractivity (Wildman–Crippen MR) is 99.5 cm³/mol. The Bertz CT molecular complexity index is 1070. The van der Waals surface area contributed by atoms with E-state index in [0.29, 0.717) is 16.7 Å². The van der Waals surface area contributed by atoms with Crippen LogP contribution >= 0.6 is 0 Å². The van der Waals surface area contributed by atoms with Gasteiger partial charge in [-0.05, 0) is 43.2 Å².